The van der Waals surface area contributed by atoms with E-state index in [1.807, 2.05) is 12.3 Å². The second-order valence-corrected chi connectivity index (χ2v) is 8.73. The van der Waals surface area contributed by atoms with Crippen molar-refractivity contribution in [2.75, 3.05) is 30.3 Å². The molecule has 2 aliphatic rings. The SMILES string of the molecule is CC(=O)Nc1ncc(CN2CCC(C#Cc3ccc4c(c3F)CCCN4)CC2)s1. The zero-order valence-corrected chi connectivity index (χ0v) is 17.4. The topological polar surface area (TPSA) is 57.3 Å². The molecule has 0 saturated carbocycles. The van der Waals surface area contributed by atoms with Crippen LogP contribution < -0.4 is 10.6 Å². The highest BCUT2D eigenvalue weighted by Gasteiger charge is 2.19. The molecule has 1 aromatic carbocycles. The number of carbonyl (C=O) groups is 1. The molecule has 152 valence electrons. The molecule has 0 radical (unpaired) electrons. The third-order valence-electron chi connectivity index (χ3n) is 5.38. The summed E-state index contributed by atoms with van der Waals surface area (Å²) in [5, 5.41) is 6.62. The lowest BCUT2D eigenvalue weighted by Gasteiger charge is -2.29. The van der Waals surface area contributed by atoms with E-state index in [-0.39, 0.29) is 11.7 Å². The molecule has 5 nitrogen and oxygen atoms in total. The molecule has 0 spiro atoms. The largest absolute Gasteiger partial charge is 0.385 e. The summed E-state index contributed by atoms with van der Waals surface area (Å²) in [6.45, 7) is 5.16. The van der Waals surface area contributed by atoms with E-state index in [0.29, 0.717) is 16.6 Å². The van der Waals surface area contributed by atoms with Crippen LogP contribution in [0.15, 0.2) is 18.3 Å². The van der Waals surface area contributed by atoms with Crippen molar-refractivity contribution >= 4 is 28.1 Å². The standard InChI is InChI=1S/C22H25FN4OS/c1-15(28)26-22-25-13-18(29-22)14-27-11-8-16(9-12-27)4-5-17-6-7-20-19(21(17)23)3-2-10-24-20/h6-7,13,16,24H,2-3,8-12,14H2,1H3,(H,25,26,28). The minimum Gasteiger partial charge on any atom is -0.385 e. The number of hydrogen-bond acceptors (Lipinski definition) is 5. The molecule has 2 N–H and O–H groups in total. The molecular weight excluding hydrogens is 387 g/mol. The first-order valence-corrected chi connectivity index (χ1v) is 10.9. The lowest BCUT2D eigenvalue weighted by atomic mass is 9.96. The lowest BCUT2D eigenvalue weighted by molar-refractivity contribution is -0.114. The van der Waals surface area contributed by atoms with E-state index >= 15 is 0 Å². The van der Waals surface area contributed by atoms with Crippen molar-refractivity contribution in [2.45, 2.75) is 39.2 Å². The Labute approximate surface area is 174 Å². The molecule has 2 aromatic rings. The minimum absolute atomic E-state index is 0.100. The van der Waals surface area contributed by atoms with Gasteiger partial charge in [0.15, 0.2) is 5.13 Å². The summed E-state index contributed by atoms with van der Waals surface area (Å²) in [5.74, 6) is 6.45. The number of hydrogen-bond donors (Lipinski definition) is 2. The van der Waals surface area contributed by atoms with E-state index < -0.39 is 0 Å². The van der Waals surface area contributed by atoms with Crippen molar-refractivity contribution in [1.29, 1.82) is 0 Å². The first kappa shape index (κ1) is 19.9. The van der Waals surface area contributed by atoms with Gasteiger partial charge in [0.2, 0.25) is 5.91 Å². The van der Waals surface area contributed by atoms with Crippen LogP contribution in [0.3, 0.4) is 0 Å². The van der Waals surface area contributed by atoms with Gasteiger partial charge in [-0.1, -0.05) is 11.8 Å². The third-order valence-corrected chi connectivity index (χ3v) is 6.27. The minimum atomic E-state index is -0.153. The summed E-state index contributed by atoms with van der Waals surface area (Å²) >= 11 is 1.52. The van der Waals surface area contributed by atoms with Gasteiger partial charge >= 0.3 is 0 Å². The smallest absolute Gasteiger partial charge is 0.223 e. The average molecular weight is 413 g/mol. The van der Waals surface area contributed by atoms with Gasteiger partial charge in [-0.3, -0.25) is 9.69 Å². The summed E-state index contributed by atoms with van der Waals surface area (Å²) < 4.78 is 14.7. The Morgan fingerprint density at radius 1 is 1.41 bits per heavy atom. The maximum atomic E-state index is 14.7. The quantitative estimate of drug-likeness (QED) is 0.752. The van der Waals surface area contributed by atoms with E-state index in [0.717, 1.165) is 68.0 Å². The van der Waals surface area contributed by atoms with Crippen LogP contribution in [-0.2, 0) is 17.8 Å². The summed E-state index contributed by atoms with van der Waals surface area (Å²) in [7, 11) is 0. The molecule has 0 aliphatic carbocycles. The fraction of sp³-hybridized carbons (Fsp3) is 0.455. The van der Waals surface area contributed by atoms with Gasteiger partial charge in [-0.2, -0.15) is 0 Å². The number of piperidine rings is 1. The number of carbonyl (C=O) groups excluding carboxylic acids is 1. The summed E-state index contributed by atoms with van der Waals surface area (Å²) in [5.41, 5.74) is 2.21. The number of halogens is 1. The number of amides is 1. The molecule has 0 atom stereocenters. The summed E-state index contributed by atoms with van der Waals surface area (Å²) in [4.78, 5) is 18.9. The molecule has 1 amide bonds. The number of rotatable bonds is 3. The van der Waals surface area contributed by atoms with Crippen molar-refractivity contribution in [3.05, 3.63) is 40.2 Å². The number of aromatic nitrogens is 1. The number of nitrogens with one attached hydrogen (secondary N) is 2. The van der Waals surface area contributed by atoms with E-state index in [1.165, 1.54) is 18.3 Å². The van der Waals surface area contributed by atoms with Crippen LogP contribution >= 0.6 is 11.3 Å². The average Bonchev–Trinajstić information content (AvgIpc) is 3.15. The highest BCUT2D eigenvalue weighted by Crippen LogP contribution is 2.27. The predicted octanol–water partition coefficient (Wildman–Crippen LogP) is 3.86. The maximum absolute atomic E-state index is 14.7. The van der Waals surface area contributed by atoms with Gasteiger partial charge in [0.1, 0.15) is 5.82 Å². The monoisotopic (exact) mass is 412 g/mol. The van der Waals surface area contributed by atoms with Crippen molar-refractivity contribution in [3.63, 3.8) is 0 Å². The highest BCUT2D eigenvalue weighted by molar-refractivity contribution is 7.15. The van der Waals surface area contributed by atoms with Gasteiger partial charge in [-0.05, 0) is 50.9 Å². The normalized spacial score (nSPS) is 17.0. The number of fused-ring (bicyclic) bond motifs is 1. The molecule has 2 aliphatic heterocycles. The first-order chi connectivity index (χ1) is 14.1. The molecule has 0 bridgehead atoms. The molecule has 29 heavy (non-hydrogen) atoms. The van der Waals surface area contributed by atoms with E-state index in [4.69, 9.17) is 0 Å². The number of anilines is 2. The first-order valence-electron chi connectivity index (χ1n) is 10.1. The van der Waals surface area contributed by atoms with Gasteiger partial charge in [-0.25, -0.2) is 9.37 Å². The molecule has 1 fully saturated rings. The predicted molar refractivity (Wildman–Crippen MR) is 115 cm³/mol. The number of thiazole rings is 1. The Balaban J connectivity index is 1.32. The Kier molecular flexibility index (Phi) is 6.12. The second-order valence-electron chi connectivity index (χ2n) is 7.62. The van der Waals surface area contributed by atoms with Crippen molar-refractivity contribution in [3.8, 4) is 11.8 Å². The molecular formula is C22H25FN4OS. The Bertz CT molecular complexity index is 953. The lowest BCUT2D eigenvalue weighted by Crippen LogP contribution is -2.32. The van der Waals surface area contributed by atoms with Crippen molar-refractivity contribution in [2.24, 2.45) is 5.92 Å². The van der Waals surface area contributed by atoms with E-state index in [2.05, 4.69) is 32.4 Å². The molecule has 0 unspecified atom stereocenters. The van der Waals surface area contributed by atoms with E-state index in [1.54, 1.807) is 6.07 Å². The number of benzene rings is 1. The highest BCUT2D eigenvalue weighted by atomic mass is 32.1. The van der Waals surface area contributed by atoms with Crippen LogP contribution in [0, 0.1) is 23.6 Å². The molecule has 1 saturated heterocycles. The summed E-state index contributed by atoms with van der Waals surface area (Å²) in [6, 6.07) is 3.75. The zero-order valence-electron chi connectivity index (χ0n) is 16.6. The van der Waals surface area contributed by atoms with Gasteiger partial charge in [0, 0.05) is 48.3 Å². The molecule has 1 aromatic heterocycles. The molecule has 3 heterocycles. The van der Waals surface area contributed by atoms with Gasteiger partial charge < -0.3 is 10.6 Å². The van der Waals surface area contributed by atoms with Crippen LogP contribution in [0.2, 0.25) is 0 Å². The van der Waals surface area contributed by atoms with Gasteiger partial charge in [-0.15, -0.1) is 11.3 Å². The van der Waals surface area contributed by atoms with Crippen LogP contribution in [0.25, 0.3) is 0 Å². The van der Waals surface area contributed by atoms with Gasteiger partial charge in [0.25, 0.3) is 0 Å². The Morgan fingerprint density at radius 3 is 3.03 bits per heavy atom. The third kappa shape index (κ3) is 4.95. The Hall–Kier alpha value is -2.43. The zero-order chi connectivity index (χ0) is 20.2. The molecule has 7 heteroatoms. The van der Waals surface area contributed by atoms with Crippen molar-refractivity contribution in [1.82, 2.24) is 9.88 Å². The summed E-state index contributed by atoms with van der Waals surface area (Å²) in [6.07, 6.45) is 5.54. The van der Waals surface area contributed by atoms with Crippen LogP contribution in [0.5, 0.6) is 0 Å². The van der Waals surface area contributed by atoms with Gasteiger partial charge in [0.05, 0.1) is 5.56 Å². The van der Waals surface area contributed by atoms with Crippen LogP contribution in [0.4, 0.5) is 15.2 Å². The second kappa shape index (κ2) is 8.93. The maximum Gasteiger partial charge on any atom is 0.223 e. The van der Waals surface area contributed by atoms with Crippen LogP contribution in [-0.4, -0.2) is 35.4 Å². The van der Waals surface area contributed by atoms with E-state index in [9.17, 15) is 9.18 Å². The molecule has 4 rings (SSSR count). The Morgan fingerprint density at radius 2 is 2.24 bits per heavy atom. The number of likely N-dealkylation sites (tertiary alicyclic amines) is 1. The van der Waals surface area contributed by atoms with Crippen molar-refractivity contribution < 1.29 is 9.18 Å². The van der Waals surface area contributed by atoms with Crippen LogP contribution in [0.1, 0.15) is 42.2 Å². The number of nitrogens with zero attached hydrogens (tertiary/aromatic N) is 2. The fourth-order valence-corrected chi connectivity index (χ4v) is 4.74. The fourth-order valence-electron chi connectivity index (χ4n) is 3.84.